The van der Waals surface area contributed by atoms with Crippen LogP contribution in [0.3, 0.4) is 0 Å². The fourth-order valence-corrected chi connectivity index (χ4v) is 1.92. The third kappa shape index (κ3) is 4.78. The van der Waals surface area contributed by atoms with Gasteiger partial charge in [-0.2, -0.15) is 0 Å². The lowest BCUT2D eigenvalue weighted by Gasteiger charge is -2.21. The summed E-state index contributed by atoms with van der Waals surface area (Å²) in [5.74, 6) is 1.58. The first-order chi connectivity index (χ1) is 8.17. The summed E-state index contributed by atoms with van der Waals surface area (Å²) in [5.41, 5.74) is 1.35. The normalized spacial score (nSPS) is 14.4. The molecule has 1 N–H and O–H groups in total. The highest BCUT2D eigenvalue weighted by Crippen LogP contribution is 2.17. The molecule has 0 aliphatic rings. The molecule has 2 nitrogen and oxygen atoms in total. The Morgan fingerprint density at radius 1 is 1.29 bits per heavy atom. The molecule has 2 unspecified atom stereocenters. The summed E-state index contributed by atoms with van der Waals surface area (Å²) in [5, 5.41) is 3.55. The van der Waals surface area contributed by atoms with E-state index in [0.29, 0.717) is 12.0 Å². The standard InChI is InChI=1S/C15H25NO/c1-5-9-16-13(3)12(2)10-14-7-6-8-15(11-14)17-4/h6-8,11-13,16H,5,9-10H2,1-4H3. The van der Waals surface area contributed by atoms with Gasteiger partial charge in [-0.1, -0.05) is 26.0 Å². The molecule has 1 rings (SSSR count). The van der Waals surface area contributed by atoms with Crippen molar-refractivity contribution in [1.82, 2.24) is 5.32 Å². The zero-order valence-corrected chi connectivity index (χ0v) is 11.5. The summed E-state index contributed by atoms with van der Waals surface area (Å²) in [6.45, 7) is 7.86. The predicted molar refractivity (Wildman–Crippen MR) is 73.6 cm³/mol. The molecule has 0 bridgehead atoms. The molecule has 2 heteroatoms. The van der Waals surface area contributed by atoms with Crippen LogP contribution in [0, 0.1) is 5.92 Å². The minimum atomic E-state index is 0.557. The summed E-state index contributed by atoms with van der Waals surface area (Å²) in [6, 6.07) is 8.91. The van der Waals surface area contributed by atoms with Gasteiger partial charge in [0.2, 0.25) is 0 Å². The van der Waals surface area contributed by atoms with E-state index in [-0.39, 0.29) is 0 Å². The zero-order valence-electron chi connectivity index (χ0n) is 11.5. The number of nitrogens with one attached hydrogen (secondary N) is 1. The molecular formula is C15H25NO. The average molecular weight is 235 g/mol. The number of ether oxygens (including phenoxy) is 1. The van der Waals surface area contributed by atoms with Crippen molar-refractivity contribution in [3.8, 4) is 5.75 Å². The maximum atomic E-state index is 5.25. The van der Waals surface area contributed by atoms with Crippen LogP contribution in [-0.2, 0) is 6.42 Å². The van der Waals surface area contributed by atoms with Crippen LogP contribution >= 0.6 is 0 Å². The number of hydrogen-bond donors (Lipinski definition) is 1. The third-order valence-corrected chi connectivity index (χ3v) is 3.26. The Labute approximate surface area is 105 Å². The van der Waals surface area contributed by atoms with Gasteiger partial charge in [0.1, 0.15) is 5.75 Å². The molecule has 1 aromatic rings. The molecule has 0 radical (unpaired) electrons. The van der Waals surface area contributed by atoms with Crippen LogP contribution < -0.4 is 10.1 Å². The van der Waals surface area contributed by atoms with Gasteiger partial charge in [-0.05, 0) is 49.9 Å². The summed E-state index contributed by atoms with van der Waals surface area (Å²) in [4.78, 5) is 0. The number of benzene rings is 1. The SMILES string of the molecule is CCCNC(C)C(C)Cc1cccc(OC)c1. The van der Waals surface area contributed by atoms with Gasteiger partial charge in [0, 0.05) is 6.04 Å². The Bertz CT molecular complexity index is 324. The smallest absolute Gasteiger partial charge is 0.119 e. The van der Waals surface area contributed by atoms with Crippen molar-refractivity contribution in [1.29, 1.82) is 0 Å². The first kappa shape index (κ1) is 14.0. The Morgan fingerprint density at radius 3 is 2.71 bits per heavy atom. The molecule has 0 aromatic heterocycles. The molecule has 0 saturated carbocycles. The van der Waals surface area contributed by atoms with Gasteiger partial charge >= 0.3 is 0 Å². The number of rotatable bonds is 7. The van der Waals surface area contributed by atoms with Crippen LogP contribution in [0.1, 0.15) is 32.8 Å². The van der Waals surface area contributed by atoms with Crippen LogP contribution in [-0.4, -0.2) is 19.7 Å². The van der Waals surface area contributed by atoms with E-state index in [9.17, 15) is 0 Å². The summed E-state index contributed by atoms with van der Waals surface area (Å²) >= 11 is 0. The molecule has 17 heavy (non-hydrogen) atoms. The first-order valence-corrected chi connectivity index (χ1v) is 6.53. The van der Waals surface area contributed by atoms with Crippen LogP contribution in [0.2, 0.25) is 0 Å². The van der Waals surface area contributed by atoms with Gasteiger partial charge in [-0.3, -0.25) is 0 Å². The Balaban J connectivity index is 2.51. The molecule has 1 aromatic carbocycles. The van der Waals surface area contributed by atoms with Gasteiger partial charge in [-0.25, -0.2) is 0 Å². The lowest BCUT2D eigenvalue weighted by atomic mass is 9.95. The van der Waals surface area contributed by atoms with Crippen molar-refractivity contribution >= 4 is 0 Å². The Morgan fingerprint density at radius 2 is 2.06 bits per heavy atom. The van der Waals surface area contributed by atoms with Crippen LogP contribution in [0.15, 0.2) is 24.3 Å². The highest BCUT2D eigenvalue weighted by molar-refractivity contribution is 5.28. The van der Waals surface area contributed by atoms with E-state index in [1.165, 1.54) is 12.0 Å². The maximum Gasteiger partial charge on any atom is 0.119 e. The van der Waals surface area contributed by atoms with Crippen molar-refractivity contribution in [3.05, 3.63) is 29.8 Å². The van der Waals surface area contributed by atoms with Gasteiger partial charge in [0.15, 0.2) is 0 Å². The second-order valence-corrected chi connectivity index (χ2v) is 4.78. The molecular weight excluding hydrogens is 210 g/mol. The van der Waals surface area contributed by atoms with Gasteiger partial charge in [-0.15, -0.1) is 0 Å². The minimum absolute atomic E-state index is 0.557. The van der Waals surface area contributed by atoms with Crippen molar-refractivity contribution in [2.75, 3.05) is 13.7 Å². The van der Waals surface area contributed by atoms with E-state index < -0.39 is 0 Å². The minimum Gasteiger partial charge on any atom is -0.497 e. The highest BCUT2D eigenvalue weighted by atomic mass is 16.5. The molecule has 0 fully saturated rings. The first-order valence-electron chi connectivity index (χ1n) is 6.53. The van der Waals surface area contributed by atoms with Crippen LogP contribution in [0.5, 0.6) is 5.75 Å². The largest absolute Gasteiger partial charge is 0.497 e. The molecule has 0 amide bonds. The van der Waals surface area contributed by atoms with Crippen molar-refractivity contribution in [2.45, 2.75) is 39.7 Å². The summed E-state index contributed by atoms with van der Waals surface area (Å²) in [7, 11) is 1.72. The molecule has 0 saturated heterocycles. The summed E-state index contributed by atoms with van der Waals surface area (Å²) < 4.78 is 5.25. The predicted octanol–water partition coefficient (Wildman–Crippen LogP) is 3.26. The molecule has 96 valence electrons. The van der Waals surface area contributed by atoms with Crippen molar-refractivity contribution in [3.63, 3.8) is 0 Å². The molecule has 0 spiro atoms. The molecule has 0 aliphatic carbocycles. The fourth-order valence-electron chi connectivity index (χ4n) is 1.92. The van der Waals surface area contributed by atoms with E-state index in [0.717, 1.165) is 18.7 Å². The maximum absolute atomic E-state index is 5.25. The number of hydrogen-bond acceptors (Lipinski definition) is 2. The Kier molecular flexibility index (Phi) is 6.06. The molecule has 2 atom stereocenters. The van der Waals surface area contributed by atoms with Gasteiger partial charge in [0.25, 0.3) is 0 Å². The second-order valence-electron chi connectivity index (χ2n) is 4.78. The topological polar surface area (TPSA) is 21.3 Å². The number of methoxy groups -OCH3 is 1. The lowest BCUT2D eigenvalue weighted by molar-refractivity contribution is 0.395. The lowest BCUT2D eigenvalue weighted by Crippen LogP contribution is -2.33. The fraction of sp³-hybridized carbons (Fsp3) is 0.600. The van der Waals surface area contributed by atoms with E-state index in [2.05, 4.69) is 44.3 Å². The average Bonchev–Trinajstić information content (AvgIpc) is 2.36. The van der Waals surface area contributed by atoms with E-state index in [4.69, 9.17) is 4.74 Å². The van der Waals surface area contributed by atoms with Crippen LogP contribution in [0.25, 0.3) is 0 Å². The van der Waals surface area contributed by atoms with Gasteiger partial charge in [0.05, 0.1) is 7.11 Å². The highest BCUT2D eigenvalue weighted by Gasteiger charge is 2.12. The van der Waals surface area contributed by atoms with E-state index in [1.54, 1.807) is 7.11 Å². The molecule has 0 aliphatic heterocycles. The molecule has 0 heterocycles. The van der Waals surface area contributed by atoms with Crippen molar-refractivity contribution in [2.24, 2.45) is 5.92 Å². The third-order valence-electron chi connectivity index (χ3n) is 3.26. The van der Waals surface area contributed by atoms with Crippen LogP contribution in [0.4, 0.5) is 0 Å². The monoisotopic (exact) mass is 235 g/mol. The van der Waals surface area contributed by atoms with Gasteiger partial charge < -0.3 is 10.1 Å². The van der Waals surface area contributed by atoms with E-state index >= 15 is 0 Å². The zero-order chi connectivity index (χ0) is 12.7. The second kappa shape index (κ2) is 7.33. The van der Waals surface area contributed by atoms with E-state index in [1.807, 2.05) is 6.07 Å². The van der Waals surface area contributed by atoms with Crippen molar-refractivity contribution < 1.29 is 4.74 Å². The quantitative estimate of drug-likeness (QED) is 0.783. The Hall–Kier alpha value is -1.02. The summed E-state index contributed by atoms with van der Waals surface area (Å²) in [6.07, 6.45) is 2.28.